The maximum atomic E-state index is 12.3. The lowest BCUT2D eigenvalue weighted by atomic mass is 10.1. The zero-order valence-corrected chi connectivity index (χ0v) is 16.3. The van der Waals surface area contributed by atoms with Gasteiger partial charge in [0, 0.05) is 31.9 Å². The Morgan fingerprint density at radius 2 is 1.82 bits per heavy atom. The molecule has 2 aromatic carbocycles. The van der Waals surface area contributed by atoms with E-state index in [4.69, 9.17) is 0 Å². The molecule has 0 radical (unpaired) electrons. The van der Waals surface area contributed by atoms with E-state index in [2.05, 4.69) is 20.6 Å². The van der Waals surface area contributed by atoms with E-state index in [0.29, 0.717) is 16.6 Å². The van der Waals surface area contributed by atoms with Crippen LogP contribution in [-0.4, -0.2) is 59.8 Å². The van der Waals surface area contributed by atoms with Crippen LogP contribution in [0, 0.1) is 0 Å². The van der Waals surface area contributed by atoms with Gasteiger partial charge in [-0.25, -0.2) is 17.4 Å². The predicted molar refractivity (Wildman–Crippen MR) is 105 cm³/mol. The lowest BCUT2D eigenvalue weighted by molar-refractivity contribution is 0.0959. The van der Waals surface area contributed by atoms with E-state index >= 15 is 0 Å². The average Bonchev–Trinajstić information content (AvgIpc) is 3.31. The number of carbonyl (C=O) groups excluding carboxylic acids is 1. The summed E-state index contributed by atoms with van der Waals surface area (Å²) in [5, 5.41) is 15.6. The maximum Gasteiger partial charge on any atom is 0.272 e. The van der Waals surface area contributed by atoms with E-state index < -0.39 is 10.0 Å². The smallest absolute Gasteiger partial charge is 0.272 e. The van der Waals surface area contributed by atoms with Crippen molar-refractivity contribution in [2.75, 3.05) is 21.1 Å². The molecule has 144 valence electrons. The van der Waals surface area contributed by atoms with E-state index in [0.717, 1.165) is 15.2 Å². The van der Waals surface area contributed by atoms with Crippen molar-refractivity contribution in [3.8, 4) is 5.69 Å². The van der Waals surface area contributed by atoms with E-state index in [9.17, 15) is 13.2 Å². The molecule has 4 aromatic rings. The molecule has 0 unspecified atom stereocenters. The number of fused-ring (bicyclic) bond motifs is 3. The summed E-state index contributed by atoms with van der Waals surface area (Å²) in [5.74, 6) is -0.307. The molecular formula is C18H18N6O3S. The molecule has 10 heteroatoms. The zero-order valence-electron chi connectivity index (χ0n) is 15.5. The highest BCUT2D eigenvalue weighted by molar-refractivity contribution is 7.89. The molecule has 4 rings (SSSR count). The number of nitrogens with one attached hydrogen (secondary N) is 2. The van der Waals surface area contributed by atoms with Gasteiger partial charge in [-0.2, -0.15) is 10.2 Å². The second-order valence-electron chi connectivity index (χ2n) is 6.41. The van der Waals surface area contributed by atoms with Gasteiger partial charge < -0.3 is 5.32 Å². The van der Waals surface area contributed by atoms with Crippen molar-refractivity contribution in [3.05, 3.63) is 48.3 Å². The number of sulfonamides is 1. The normalized spacial score (nSPS) is 12.1. The van der Waals surface area contributed by atoms with Crippen LogP contribution in [0.15, 0.2) is 47.5 Å². The second kappa shape index (κ2) is 6.43. The molecule has 9 nitrogen and oxygen atoms in total. The SMILES string of the molecule is CNC(=O)c1nn(-c2ccc(S(=O)(=O)N(C)C)cc2)c2c1ccc1[nH]ncc12. The van der Waals surface area contributed by atoms with Crippen LogP contribution in [0.25, 0.3) is 27.5 Å². The third kappa shape index (κ3) is 2.65. The van der Waals surface area contributed by atoms with Gasteiger partial charge in [0.05, 0.1) is 27.8 Å². The largest absolute Gasteiger partial charge is 0.354 e. The van der Waals surface area contributed by atoms with Crippen molar-refractivity contribution in [2.24, 2.45) is 0 Å². The zero-order chi connectivity index (χ0) is 20.1. The number of benzene rings is 2. The molecule has 0 atom stereocenters. The van der Waals surface area contributed by atoms with Crippen LogP contribution in [0.5, 0.6) is 0 Å². The topological polar surface area (TPSA) is 113 Å². The van der Waals surface area contributed by atoms with Gasteiger partial charge in [0.2, 0.25) is 10.0 Å². The Bertz CT molecular complexity index is 1300. The van der Waals surface area contributed by atoms with Crippen molar-refractivity contribution in [3.63, 3.8) is 0 Å². The minimum absolute atomic E-state index is 0.178. The summed E-state index contributed by atoms with van der Waals surface area (Å²) in [5.41, 5.74) is 2.44. The quantitative estimate of drug-likeness (QED) is 0.541. The van der Waals surface area contributed by atoms with Crippen LogP contribution in [0.2, 0.25) is 0 Å². The summed E-state index contributed by atoms with van der Waals surface area (Å²) < 4.78 is 27.4. The van der Waals surface area contributed by atoms with Crippen molar-refractivity contribution in [1.29, 1.82) is 0 Å². The van der Waals surface area contributed by atoms with E-state index in [1.54, 1.807) is 30.1 Å². The fourth-order valence-corrected chi connectivity index (χ4v) is 3.97. The van der Waals surface area contributed by atoms with Crippen molar-refractivity contribution >= 4 is 37.7 Å². The molecule has 0 fully saturated rings. The summed E-state index contributed by atoms with van der Waals surface area (Å²) in [7, 11) is 0.978. The van der Waals surface area contributed by atoms with Gasteiger partial charge in [-0.1, -0.05) is 0 Å². The number of nitrogens with zero attached hydrogens (tertiary/aromatic N) is 4. The van der Waals surface area contributed by atoms with Gasteiger partial charge in [0.1, 0.15) is 0 Å². The minimum Gasteiger partial charge on any atom is -0.354 e. The standard InChI is InChI=1S/C18H18N6O3S/c1-19-18(25)16-13-8-9-15-14(10-20-21-15)17(13)24(22-16)11-4-6-12(7-5-11)28(26,27)23(2)3/h4-10H,1-3H3,(H,19,25)(H,20,21). The van der Waals surface area contributed by atoms with Gasteiger partial charge in [-0.15, -0.1) is 0 Å². The Hall–Kier alpha value is -3.24. The first-order valence-electron chi connectivity index (χ1n) is 8.44. The number of carbonyl (C=O) groups is 1. The number of hydrogen-bond donors (Lipinski definition) is 2. The van der Waals surface area contributed by atoms with Gasteiger partial charge >= 0.3 is 0 Å². The molecule has 2 N–H and O–H groups in total. The molecule has 1 amide bonds. The Morgan fingerprint density at radius 3 is 2.46 bits per heavy atom. The third-order valence-corrected chi connectivity index (χ3v) is 6.39. The van der Waals surface area contributed by atoms with E-state index in [-0.39, 0.29) is 16.5 Å². The van der Waals surface area contributed by atoms with Crippen LogP contribution in [0.1, 0.15) is 10.5 Å². The van der Waals surface area contributed by atoms with E-state index in [1.165, 1.54) is 26.2 Å². The molecule has 0 spiro atoms. The number of hydrogen-bond acceptors (Lipinski definition) is 5. The van der Waals surface area contributed by atoms with Crippen molar-refractivity contribution in [2.45, 2.75) is 4.90 Å². The third-order valence-electron chi connectivity index (χ3n) is 4.56. The monoisotopic (exact) mass is 398 g/mol. The van der Waals surface area contributed by atoms with Crippen LogP contribution in [0.3, 0.4) is 0 Å². The average molecular weight is 398 g/mol. The number of rotatable bonds is 4. The number of H-pyrrole nitrogens is 1. The van der Waals surface area contributed by atoms with E-state index in [1.807, 2.05) is 12.1 Å². The van der Waals surface area contributed by atoms with Gasteiger partial charge in [0.15, 0.2) is 5.69 Å². The molecule has 28 heavy (non-hydrogen) atoms. The predicted octanol–water partition coefficient (Wildman–Crippen LogP) is 1.51. The molecule has 0 saturated carbocycles. The number of aromatic amines is 1. The highest BCUT2D eigenvalue weighted by Crippen LogP contribution is 2.29. The first kappa shape index (κ1) is 18.1. The second-order valence-corrected chi connectivity index (χ2v) is 8.57. The lowest BCUT2D eigenvalue weighted by Gasteiger charge is -2.12. The Morgan fingerprint density at radius 1 is 1.11 bits per heavy atom. The number of aromatic nitrogens is 4. The Labute approximate surface area is 161 Å². The molecule has 0 aliphatic carbocycles. The summed E-state index contributed by atoms with van der Waals surface area (Å²) in [6, 6.07) is 10.0. The van der Waals surface area contributed by atoms with Crippen molar-refractivity contribution in [1.82, 2.24) is 29.6 Å². The number of amides is 1. The molecule has 2 heterocycles. The molecular weight excluding hydrogens is 380 g/mol. The summed E-state index contributed by atoms with van der Waals surface area (Å²) in [4.78, 5) is 12.5. The molecule has 0 aliphatic rings. The summed E-state index contributed by atoms with van der Waals surface area (Å²) in [6.45, 7) is 0. The first-order chi connectivity index (χ1) is 13.3. The van der Waals surface area contributed by atoms with Crippen LogP contribution < -0.4 is 5.32 Å². The van der Waals surface area contributed by atoms with Gasteiger partial charge in [0.25, 0.3) is 5.91 Å². The summed E-state index contributed by atoms with van der Waals surface area (Å²) in [6.07, 6.45) is 1.67. The molecule has 2 aromatic heterocycles. The lowest BCUT2D eigenvalue weighted by Crippen LogP contribution is -2.22. The Kier molecular flexibility index (Phi) is 4.16. The molecule has 0 saturated heterocycles. The van der Waals surface area contributed by atoms with Crippen LogP contribution >= 0.6 is 0 Å². The molecule has 0 aliphatic heterocycles. The molecule has 0 bridgehead atoms. The maximum absolute atomic E-state index is 12.3. The van der Waals surface area contributed by atoms with Crippen LogP contribution in [0.4, 0.5) is 0 Å². The fraction of sp³-hybridized carbons (Fsp3) is 0.167. The first-order valence-corrected chi connectivity index (χ1v) is 9.88. The van der Waals surface area contributed by atoms with Crippen LogP contribution in [-0.2, 0) is 10.0 Å². The minimum atomic E-state index is -3.53. The highest BCUT2D eigenvalue weighted by atomic mass is 32.2. The fourth-order valence-electron chi connectivity index (χ4n) is 3.07. The van der Waals surface area contributed by atoms with Crippen molar-refractivity contribution < 1.29 is 13.2 Å². The van der Waals surface area contributed by atoms with Gasteiger partial charge in [-0.3, -0.25) is 9.89 Å². The summed E-state index contributed by atoms with van der Waals surface area (Å²) >= 11 is 0. The van der Waals surface area contributed by atoms with Gasteiger partial charge in [-0.05, 0) is 36.4 Å². The highest BCUT2D eigenvalue weighted by Gasteiger charge is 2.21. The Balaban J connectivity index is 1.96.